The third-order valence-corrected chi connectivity index (χ3v) is 4.06. The monoisotopic (exact) mass is 418 g/mol. The number of nitrogens with one attached hydrogen (secondary N) is 1. The number of nitro benzene ring substituents is 1. The number of esters is 2. The lowest BCUT2D eigenvalue weighted by atomic mass is 10.1. The van der Waals surface area contributed by atoms with Gasteiger partial charge in [-0.1, -0.05) is 12.1 Å². The number of nitrogens with zero attached hydrogens (tertiary/aromatic N) is 1. The fraction of sp³-hybridized carbons (Fsp3) is 0.250. The van der Waals surface area contributed by atoms with Crippen LogP contribution in [0, 0.1) is 15.9 Å². The number of ether oxygens (including phenoxy) is 2. The minimum atomic E-state index is -1.19. The van der Waals surface area contributed by atoms with Gasteiger partial charge >= 0.3 is 11.9 Å². The van der Waals surface area contributed by atoms with Gasteiger partial charge in [-0.15, -0.1) is 0 Å². The largest absolute Gasteiger partial charge is 0.465 e. The molecule has 2 aromatic rings. The molecule has 0 saturated heterocycles. The van der Waals surface area contributed by atoms with Gasteiger partial charge in [0.2, 0.25) is 0 Å². The summed E-state index contributed by atoms with van der Waals surface area (Å²) in [7, 11) is 1.09. The predicted octanol–water partition coefficient (Wildman–Crippen LogP) is 2.42. The van der Waals surface area contributed by atoms with Crippen LogP contribution in [0.4, 0.5) is 10.1 Å². The molecule has 0 saturated carbocycles. The van der Waals surface area contributed by atoms with Crippen molar-refractivity contribution < 1.29 is 33.2 Å². The molecule has 1 amide bonds. The molecule has 0 aromatic heterocycles. The van der Waals surface area contributed by atoms with Crippen LogP contribution in [0.3, 0.4) is 0 Å². The van der Waals surface area contributed by atoms with Crippen LogP contribution in [0.5, 0.6) is 0 Å². The minimum Gasteiger partial charge on any atom is -0.465 e. The molecular formula is C20H19FN2O7. The quantitative estimate of drug-likeness (QED) is 0.396. The molecule has 0 aliphatic carbocycles. The molecular weight excluding hydrogens is 399 g/mol. The molecule has 158 valence electrons. The van der Waals surface area contributed by atoms with E-state index in [1.54, 1.807) is 12.1 Å². The highest BCUT2D eigenvalue weighted by Gasteiger charge is 2.23. The van der Waals surface area contributed by atoms with E-state index in [2.05, 4.69) is 10.1 Å². The molecule has 2 aromatic carbocycles. The SMILES string of the molecule is COC(=O)c1cc(C(=O)O[C@@H](C)C(=O)NCCc2ccc(F)cc2)cc([N+](=O)[O-])c1. The molecule has 0 spiro atoms. The van der Waals surface area contributed by atoms with Crippen molar-refractivity contribution in [3.63, 3.8) is 0 Å². The lowest BCUT2D eigenvalue weighted by Gasteiger charge is -2.14. The van der Waals surface area contributed by atoms with Crippen LogP contribution in [0.1, 0.15) is 33.2 Å². The molecule has 2 rings (SSSR count). The molecule has 0 bridgehead atoms. The second kappa shape index (κ2) is 10.1. The van der Waals surface area contributed by atoms with Crippen molar-refractivity contribution >= 4 is 23.5 Å². The van der Waals surface area contributed by atoms with Crippen molar-refractivity contribution in [2.75, 3.05) is 13.7 Å². The maximum Gasteiger partial charge on any atom is 0.339 e. The minimum absolute atomic E-state index is 0.199. The fourth-order valence-electron chi connectivity index (χ4n) is 2.48. The lowest BCUT2D eigenvalue weighted by molar-refractivity contribution is -0.384. The van der Waals surface area contributed by atoms with Crippen LogP contribution < -0.4 is 5.32 Å². The van der Waals surface area contributed by atoms with Gasteiger partial charge in [0.05, 0.1) is 23.2 Å². The molecule has 0 aliphatic heterocycles. The number of non-ortho nitro benzene ring substituents is 1. The molecule has 0 fully saturated rings. The number of hydrogen-bond acceptors (Lipinski definition) is 7. The number of halogens is 1. The van der Waals surface area contributed by atoms with Crippen molar-refractivity contribution in [2.45, 2.75) is 19.4 Å². The molecule has 0 radical (unpaired) electrons. The van der Waals surface area contributed by atoms with Gasteiger partial charge in [0.25, 0.3) is 11.6 Å². The van der Waals surface area contributed by atoms with Crippen LogP contribution in [0.2, 0.25) is 0 Å². The van der Waals surface area contributed by atoms with Gasteiger partial charge in [0, 0.05) is 18.7 Å². The zero-order valence-corrected chi connectivity index (χ0v) is 16.2. The Morgan fingerprint density at radius 1 is 1.10 bits per heavy atom. The molecule has 1 atom stereocenters. The number of methoxy groups -OCH3 is 1. The van der Waals surface area contributed by atoms with Crippen LogP contribution in [-0.4, -0.2) is 42.5 Å². The fourth-order valence-corrected chi connectivity index (χ4v) is 2.48. The summed E-state index contributed by atoms with van der Waals surface area (Å²) in [5.41, 5.74) is -0.153. The summed E-state index contributed by atoms with van der Waals surface area (Å²) in [6.45, 7) is 1.57. The summed E-state index contributed by atoms with van der Waals surface area (Å²) in [5.74, 6) is -2.81. The molecule has 30 heavy (non-hydrogen) atoms. The maximum atomic E-state index is 12.9. The highest BCUT2D eigenvalue weighted by Crippen LogP contribution is 2.19. The van der Waals surface area contributed by atoms with Gasteiger partial charge in [-0.25, -0.2) is 14.0 Å². The Hall–Kier alpha value is -3.82. The van der Waals surface area contributed by atoms with E-state index in [0.29, 0.717) is 6.42 Å². The number of carbonyl (C=O) groups is 3. The summed E-state index contributed by atoms with van der Waals surface area (Å²) in [6, 6.07) is 8.78. The second-order valence-electron chi connectivity index (χ2n) is 6.23. The van der Waals surface area contributed by atoms with Crippen molar-refractivity contribution in [1.29, 1.82) is 0 Å². The van der Waals surface area contributed by atoms with E-state index in [-0.39, 0.29) is 23.5 Å². The topological polar surface area (TPSA) is 125 Å². The van der Waals surface area contributed by atoms with Crippen LogP contribution >= 0.6 is 0 Å². The standard InChI is InChI=1S/C20H19FN2O7/c1-12(18(24)22-8-7-13-3-5-16(21)6-4-13)30-20(26)15-9-14(19(25)29-2)10-17(11-15)23(27)28/h3-6,9-12H,7-8H2,1-2H3,(H,22,24)/t12-/m0/s1. The second-order valence-corrected chi connectivity index (χ2v) is 6.23. The average Bonchev–Trinajstić information content (AvgIpc) is 2.73. The van der Waals surface area contributed by atoms with E-state index in [1.807, 2.05) is 0 Å². The van der Waals surface area contributed by atoms with E-state index in [0.717, 1.165) is 30.9 Å². The van der Waals surface area contributed by atoms with Gasteiger partial charge in [0.15, 0.2) is 6.10 Å². The van der Waals surface area contributed by atoms with E-state index in [4.69, 9.17) is 4.74 Å². The smallest absolute Gasteiger partial charge is 0.339 e. The van der Waals surface area contributed by atoms with Crippen LogP contribution in [0.25, 0.3) is 0 Å². The predicted molar refractivity (Wildman–Crippen MR) is 102 cm³/mol. The van der Waals surface area contributed by atoms with Crippen molar-refractivity contribution in [1.82, 2.24) is 5.32 Å². The Labute approximate surface area is 170 Å². The van der Waals surface area contributed by atoms with Crippen LogP contribution in [0.15, 0.2) is 42.5 Å². The maximum absolute atomic E-state index is 12.9. The number of nitro groups is 1. The summed E-state index contributed by atoms with van der Waals surface area (Å²) < 4.78 is 22.4. The lowest BCUT2D eigenvalue weighted by Crippen LogP contribution is -2.37. The van der Waals surface area contributed by atoms with Crippen molar-refractivity contribution in [3.8, 4) is 0 Å². The molecule has 10 heteroatoms. The Morgan fingerprint density at radius 3 is 2.27 bits per heavy atom. The third-order valence-electron chi connectivity index (χ3n) is 4.06. The van der Waals surface area contributed by atoms with Gasteiger partial charge in [0.1, 0.15) is 5.82 Å². The first-order valence-electron chi connectivity index (χ1n) is 8.82. The van der Waals surface area contributed by atoms with E-state index < -0.39 is 34.6 Å². The van der Waals surface area contributed by atoms with Crippen molar-refractivity contribution in [2.24, 2.45) is 0 Å². The number of rotatable bonds is 8. The highest BCUT2D eigenvalue weighted by atomic mass is 19.1. The van der Waals surface area contributed by atoms with Crippen LogP contribution in [-0.2, 0) is 20.7 Å². The number of amides is 1. The number of carbonyl (C=O) groups excluding carboxylic acids is 3. The summed E-state index contributed by atoms with van der Waals surface area (Å²) in [4.78, 5) is 46.4. The summed E-state index contributed by atoms with van der Waals surface area (Å²) in [5, 5.41) is 13.6. The average molecular weight is 418 g/mol. The van der Waals surface area contributed by atoms with Gasteiger partial charge < -0.3 is 14.8 Å². The Bertz CT molecular complexity index is 960. The molecule has 1 N–H and O–H groups in total. The van der Waals surface area contributed by atoms with E-state index in [9.17, 15) is 28.9 Å². The van der Waals surface area contributed by atoms with Crippen molar-refractivity contribution in [3.05, 3.63) is 75.1 Å². The summed E-state index contributed by atoms with van der Waals surface area (Å²) >= 11 is 0. The van der Waals surface area contributed by atoms with Gasteiger partial charge in [-0.05, 0) is 37.1 Å². The van der Waals surface area contributed by atoms with Gasteiger partial charge in [-0.2, -0.15) is 0 Å². The molecule has 9 nitrogen and oxygen atoms in total. The normalized spacial score (nSPS) is 11.3. The Kier molecular flexibility index (Phi) is 7.56. The number of benzene rings is 2. The first kappa shape index (κ1) is 22.5. The Balaban J connectivity index is 1.99. The third kappa shape index (κ3) is 6.09. The zero-order valence-electron chi connectivity index (χ0n) is 16.2. The number of hydrogen-bond donors (Lipinski definition) is 1. The zero-order chi connectivity index (χ0) is 22.3. The Morgan fingerprint density at radius 2 is 1.70 bits per heavy atom. The molecule has 0 aliphatic rings. The van der Waals surface area contributed by atoms with Gasteiger partial charge in [-0.3, -0.25) is 14.9 Å². The van der Waals surface area contributed by atoms with E-state index >= 15 is 0 Å². The first-order chi connectivity index (χ1) is 14.2. The first-order valence-corrected chi connectivity index (χ1v) is 8.82. The molecule has 0 heterocycles. The van der Waals surface area contributed by atoms with E-state index in [1.165, 1.54) is 19.1 Å². The highest BCUT2D eigenvalue weighted by molar-refractivity contribution is 5.97. The molecule has 0 unspecified atom stereocenters. The summed E-state index contributed by atoms with van der Waals surface area (Å²) in [6.07, 6.45) is -0.744.